The van der Waals surface area contributed by atoms with E-state index >= 15 is 0 Å². The van der Waals surface area contributed by atoms with Crippen molar-refractivity contribution in [1.82, 2.24) is 0 Å². The average molecular weight is 196 g/mol. The predicted octanol–water partition coefficient (Wildman–Crippen LogP) is 4.78. The second-order valence-electron chi connectivity index (χ2n) is 4.73. The summed E-state index contributed by atoms with van der Waals surface area (Å²) in [7, 11) is 0. The van der Waals surface area contributed by atoms with Crippen LogP contribution in [0, 0.1) is 5.41 Å². The minimum absolute atomic E-state index is 0.0109. The molecule has 0 aromatic heterocycles. The molecule has 1 aliphatic rings. The Morgan fingerprint density at radius 3 is 2.50 bits per heavy atom. The van der Waals surface area contributed by atoms with Crippen molar-refractivity contribution in [2.45, 2.75) is 52.9 Å². The third kappa shape index (κ3) is 2.70. The summed E-state index contributed by atoms with van der Waals surface area (Å²) in [5, 5.41) is 0. The molecule has 0 aromatic rings. The lowest BCUT2D eigenvalue weighted by Gasteiger charge is -2.28. The van der Waals surface area contributed by atoms with Crippen LogP contribution in [0.4, 0.5) is 4.39 Å². The van der Waals surface area contributed by atoms with Crippen LogP contribution in [0.5, 0.6) is 0 Å². The first-order chi connectivity index (χ1) is 6.58. The highest BCUT2D eigenvalue weighted by Crippen LogP contribution is 2.39. The zero-order valence-electron chi connectivity index (χ0n) is 9.57. The first-order valence-corrected chi connectivity index (χ1v) is 5.64. The number of hydrogen-bond donors (Lipinski definition) is 0. The molecule has 0 bridgehead atoms. The van der Waals surface area contributed by atoms with Gasteiger partial charge >= 0.3 is 0 Å². The van der Waals surface area contributed by atoms with Gasteiger partial charge < -0.3 is 0 Å². The Labute approximate surface area is 86.9 Å². The Balaban J connectivity index is 2.70. The van der Waals surface area contributed by atoms with Crippen molar-refractivity contribution in [3.63, 3.8) is 0 Å². The van der Waals surface area contributed by atoms with Crippen molar-refractivity contribution in [1.29, 1.82) is 0 Å². The van der Waals surface area contributed by atoms with E-state index in [4.69, 9.17) is 0 Å². The Morgan fingerprint density at radius 1 is 1.29 bits per heavy atom. The average Bonchev–Trinajstić information content (AvgIpc) is 2.15. The lowest BCUT2D eigenvalue weighted by Crippen LogP contribution is -2.16. The molecule has 0 aliphatic heterocycles. The summed E-state index contributed by atoms with van der Waals surface area (Å²) >= 11 is 0. The summed E-state index contributed by atoms with van der Waals surface area (Å²) in [4.78, 5) is 0. The van der Waals surface area contributed by atoms with Crippen LogP contribution in [0.25, 0.3) is 0 Å². The number of unbranched alkanes of at least 4 members (excludes halogenated alkanes) is 1. The maximum Gasteiger partial charge on any atom is 0.122 e. The molecule has 80 valence electrons. The van der Waals surface area contributed by atoms with Gasteiger partial charge in [-0.15, -0.1) is 0 Å². The molecule has 0 heterocycles. The van der Waals surface area contributed by atoms with Gasteiger partial charge in [-0.3, -0.25) is 0 Å². The third-order valence-corrected chi connectivity index (χ3v) is 2.98. The van der Waals surface area contributed by atoms with Crippen LogP contribution in [0.1, 0.15) is 52.9 Å². The zero-order chi connectivity index (χ0) is 10.6. The fourth-order valence-electron chi connectivity index (χ4n) is 2.00. The molecule has 1 aliphatic carbocycles. The molecule has 0 fully saturated rings. The standard InChI is InChI=1S/C13H21F/c1-4-5-10-13(2,3)11-8-6-7-9-12(11)14/h8-9H,4-7,10H2,1-3H3. The minimum Gasteiger partial charge on any atom is -0.207 e. The second-order valence-corrected chi connectivity index (χ2v) is 4.73. The van der Waals surface area contributed by atoms with Gasteiger partial charge in [0, 0.05) is 0 Å². The normalized spacial score (nSPS) is 17.7. The topological polar surface area (TPSA) is 0 Å². The van der Waals surface area contributed by atoms with E-state index in [1.165, 1.54) is 12.8 Å². The minimum atomic E-state index is 0.0109. The fourth-order valence-corrected chi connectivity index (χ4v) is 2.00. The van der Waals surface area contributed by atoms with Crippen molar-refractivity contribution in [2.24, 2.45) is 5.41 Å². The Kier molecular flexibility index (Phi) is 3.91. The first-order valence-electron chi connectivity index (χ1n) is 5.64. The van der Waals surface area contributed by atoms with E-state index in [1.807, 2.05) is 0 Å². The summed E-state index contributed by atoms with van der Waals surface area (Å²) in [6, 6.07) is 0. The zero-order valence-corrected chi connectivity index (χ0v) is 9.57. The van der Waals surface area contributed by atoms with Gasteiger partial charge in [0.1, 0.15) is 5.83 Å². The van der Waals surface area contributed by atoms with Crippen molar-refractivity contribution in [3.8, 4) is 0 Å². The van der Waals surface area contributed by atoms with Crippen molar-refractivity contribution >= 4 is 0 Å². The number of allylic oxidation sites excluding steroid dienone is 4. The van der Waals surface area contributed by atoms with E-state index < -0.39 is 0 Å². The third-order valence-electron chi connectivity index (χ3n) is 2.98. The van der Waals surface area contributed by atoms with Crippen molar-refractivity contribution in [2.75, 3.05) is 0 Å². The molecule has 0 aromatic carbocycles. The largest absolute Gasteiger partial charge is 0.207 e. The van der Waals surface area contributed by atoms with Gasteiger partial charge in [-0.1, -0.05) is 39.7 Å². The van der Waals surface area contributed by atoms with Crippen LogP contribution in [-0.4, -0.2) is 0 Å². The molecule has 0 N–H and O–H groups in total. The molecule has 0 unspecified atom stereocenters. The highest BCUT2D eigenvalue weighted by molar-refractivity contribution is 5.33. The molecule has 14 heavy (non-hydrogen) atoms. The van der Waals surface area contributed by atoms with Crippen molar-refractivity contribution in [3.05, 3.63) is 23.6 Å². The van der Waals surface area contributed by atoms with E-state index in [0.717, 1.165) is 24.8 Å². The van der Waals surface area contributed by atoms with Gasteiger partial charge in [-0.2, -0.15) is 0 Å². The van der Waals surface area contributed by atoms with Crippen LogP contribution >= 0.6 is 0 Å². The van der Waals surface area contributed by atoms with E-state index in [0.29, 0.717) is 0 Å². The molecule has 0 atom stereocenters. The van der Waals surface area contributed by atoms with Crippen LogP contribution in [0.15, 0.2) is 23.6 Å². The van der Waals surface area contributed by atoms with Crippen LogP contribution in [0.3, 0.4) is 0 Å². The molecule has 0 saturated heterocycles. The monoisotopic (exact) mass is 196 g/mol. The maximum atomic E-state index is 13.6. The lowest BCUT2D eigenvalue weighted by molar-refractivity contribution is 0.376. The quantitative estimate of drug-likeness (QED) is 0.607. The molecule has 0 spiro atoms. The SMILES string of the molecule is CCCCC(C)(C)C1=CCCC=C1F. The number of halogens is 1. The summed E-state index contributed by atoms with van der Waals surface area (Å²) in [6.07, 6.45) is 9.10. The molecular formula is C13H21F. The van der Waals surface area contributed by atoms with Crippen molar-refractivity contribution < 1.29 is 4.39 Å². The summed E-state index contributed by atoms with van der Waals surface area (Å²) in [6.45, 7) is 6.47. The number of rotatable bonds is 4. The highest BCUT2D eigenvalue weighted by Gasteiger charge is 2.26. The van der Waals surface area contributed by atoms with Gasteiger partial charge in [0.25, 0.3) is 0 Å². The van der Waals surface area contributed by atoms with Gasteiger partial charge in [0.15, 0.2) is 0 Å². The molecule has 0 radical (unpaired) electrons. The summed E-state index contributed by atoms with van der Waals surface area (Å²) in [5.74, 6) is 0.0114. The highest BCUT2D eigenvalue weighted by atomic mass is 19.1. The fraction of sp³-hybridized carbons (Fsp3) is 0.692. The van der Waals surface area contributed by atoms with Gasteiger partial charge in [0.2, 0.25) is 0 Å². The van der Waals surface area contributed by atoms with Gasteiger partial charge in [-0.25, -0.2) is 4.39 Å². The summed E-state index contributed by atoms with van der Waals surface area (Å²) < 4.78 is 13.6. The van der Waals surface area contributed by atoms with Gasteiger partial charge in [0.05, 0.1) is 0 Å². The molecule has 0 saturated carbocycles. The van der Waals surface area contributed by atoms with E-state index in [2.05, 4.69) is 26.8 Å². The smallest absolute Gasteiger partial charge is 0.122 e. The Bertz CT molecular complexity index is 246. The molecule has 0 amide bonds. The summed E-state index contributed by atoms with van der Waals surface area (Å²) in [5.41, 5.74) is 0.939. The second kappa shape index (κ2) is 4.77. The van der Waals surface area contributed by atoms with E-state index in [1.54, 1.807) is 6.08 Å². The van der Waals surface area contributed by atoms with Gasteiger partial charge in [-0.05, 0) is 36.3 Å². The Morgan fingerprint density at radius 2 is 1.93 bits per heavy atom. The first kappa shape index (κ1) is 11.5. The Hall–Kier alpha value is -0.590. The maximum absolute atomic E-state index is 13.6. The molecule has 0 nitrogen and oxygen atoms in total. The molecular weight excluding hydrogens is 175 g/mol. The molecule has 1 rings (SSSR count). The van der Waals surface area contributed by atoms with Crippen LogP contribution in [0.2, 0.25) is 0 Å². The lowest BCUT2D eigenvalue weighted by atomic mass is 9.77. The predicted molar refractivity (Wildman–Crippen MR) is 59.8 cm³/mol. The molecule has 1 heteroatoms. The number of hydrogen-bond acceptors (Lipinski definition) is 0. The van der Waals surface area contributed by atoms with E-state index in [9.17, 15) is 4.39 Å². The van der Waals surface area contributed by atoms with Crippen LogP contribution in [-0.2, 0) is 0 Å². The van der Waals surface area contributed by atoms with E-state index in [-0.39, 0.29) is 11.2 Å². The van der Waals surface area contributed by atoms with Crippen LogP contribution < -0.4 is 0 Å².